The van der Waals surface area contributed by atoms with Crippen LogP contribution in [0.15, 0.2) is 24.3 Å². The van der Waals surface area contributed by atoms with Gasteiger partial charge in [-0.25, -0.2) is 4.39 Å². The number of carbonyl (C=O) groups is 4. The zero-order chi connectivity index (χ0) is 20.0. The maximum absolute atomic E-state index is 13.9. The number of Topliss-reactive ketones (excluding diaryl/α,β-unsaturated/α-hetero) is 1. The SMILES string of the molecule is CC(=O)N[C@H](Cc1ccccc1F)C(=O)N[C@@H](C(N)=O)[C@H]1CCCC(=O)C1. The van der Waals surface area contributed by atoms with E-state index in [0.29, 0.717) is 19.3 Å². The highest BCUT2D eigenvalue weighted by atomic mass is 19.1. The first-order valence-corrected chi connectivity index (χ1v) is 8.89. The third kappa shape index (κ3) is 5.87. The smallest absolute Gasteiger partial charge is 0.243 e. The van der Waals surface area contributed by atoms with E-state index >= 15 is 0 Å². The zero-order valence-electron chi connectivity index (χ0n) is 15.2. The van der Waals surface area contributed by atoms with Gasteiger partial charge < -0.3 is 16.4 Å². The lowest BCUT2D eigenvalue weighted by atomic mass is 9.82. The van der Waals surface area contributed by atoms with Crippen molar-refractivity contribution in [1.82, 2.24) is 10.6 Å². The zero-order valence-corrected chi connectivity index (χ0v) is 15.2. The molecule has 27 heavy (non-hydrogen) atoms. The number of carbonyl (C=O) groups excluding carboxylic acids is 4. The summed E-state index contributed by atoms with van der Waals surface area (Å²) in [5.41, 5.74) is 5.69. The number of ketones is 1. The van der Waals surface area contributed by atoms with E-state index in [-0.39, 0.29) is 30.1 Å². The Morgan fingerprint density at radius 2 is 1.96 bits per heavy atom. The molecule has 1 aliphatic carbocycles. The summed E-state index contributed by atoms with van der Waals surface area (Å²) in [6, 6.07) is 3.84. The van der Waals surface area contributed by atoms with Crippen LogP contribution in [0.3, 0.4) is 0 Å². The molecule has 146 valence electrons. The molecule has 1 aromatic carbocycles. The lowest BCUT2D eigenvalue weighted by molar-refractivity contribution is -0.132. The minimum absolute atomic E-state index is 0.0246. The highest BCUT2D eigenvalue weighted by Crippen LogP contribution is 2.24. The van der Waals surface area contributed by atoms with E-state index in [0.717, 1.165) is 0 Å². The summed E-state index contributed by atoms with van der Waals surface area (Å²) in [7, 11) is 0. The molecule has 0 unspecified atom stereocenters. The summed E-state index contributed by atoms with van der Waals surface area (Å²) in [4.78, 5) is 47.7. The number of hydrogen-bond acceptors (Lipinski definition) is 4. The topological polar surface area (TPSA) is 118 Å². The normalized spacial score (nSPS) is 19.0. The molecule has 8 heteroatoms. The van der Waals surface area contributed by atoms with Gasteiger partial charge in [0.25, 0.3) is 0 Å². The van der Waals surface area contributed by atoms with Gasteiger partial charge in [0.2, 0.25) is 17.7 Å². The highest BCUT2D eigenvalue weighted by molar-refractivity contribution is 5.92. The van der Waals surface area contributed by atoms with Crippen LogP contribution in [-0.2, 0) is 25.6 Å². The van der Waals surface area contributed by atoms with Crippen molar-refractivity contribution in [2.24, 2.45) is 11.7 Å². The number of primary amides is 1. The highest BCUT2D eigenvalue weighted by Gasteiger charge is 2.34. The van der Waals surface area contributed by atoms with Crippen LogP contribution in [0.1, 0.15) is 38.2 Å². The lowest BCUT2D eigenvalue weighted by Gasteiger charge is -2.29. The van der Waals surface area contributed by atoms with E-state index in [1.807, 2.05) is 0 Å². The largest absolute Gasteiger partial charge is 0.368 e. The van der Waals surface area contributed by atoms with Crippen LogP contribution in [0.25, 0.3) is 0 Å². The summed E-state index contributed by atoms with van der Waals surface area (Å²) in [6.45, 7) is 1.24. The summed E-state index contributed by atoms with van der Waals surface area (Å²) in [5.74, 6) is -2.69. The maximum atomic E-state index is 13.9. The van der Waals surface area contributed by atoms with Crippen LogP contribution in [-0.4, -0.2) is 35.6 Å². The van der Waals surface area contributed by atoms with Crippen molar-refractivity contribution in [3.63, 3.8) is 0 Å². The Labute approximate surface area is 156 Å². The molecule has 7 nitrogen and oxygen atoms in total. The van der Waals surface area contributed by atoms with Gasteiger partial charge in [-0.3, -0.25) is 19.2 Å². The second kappa shape index (κ2) is 9.25. The summed E-state index contributed by atoms with van der Waals surface area (Å²) < 4.78 is 13.9. The molecule has 0 radical (unpaired) electrons. The first-order chi connectivity index (χ1) is 12.8. The van der Waals surface area contributed by atoms with Gasteiger partial charge in [-0.1, -0.05) is 18.2 Å². The fourth-order valence-electron chi connectivity index (χ4n) is 3.36. The molecule has 1 aromatic rings. The van der Waals surface area contributed by atoms with E-state index in [2.05, 4.69) is 10.6 Å². The van der Waals surface area contributed by atoms with Gasteiger partial charge in [0.1, 0.15) is 23.7 Å². The van der Waals surface area contributed by atoms with Gasteiger partial charge in [0, 0.05) is 26.2 Å². The van der Waals surface area contributed by atoms with Gasteiger partial charge in [-0.15, -0.1) is 0 Å². The van der Waals surface area contributed by atoms with E-state index in [4.69, 9.17) is 5.73 Å². The van der Waals surface area contributed by atoms with Crippen LogP contribution in [0.5, 0.6) is 0 Å². The molecule has 1 fully saturated rings. The molecule has 0 bridgehead atoms. The van der Waals surface area contributed by atoms with Gasteiger partial charge >= 0.3 is 0 Å². The Morgan fingerprint density at radius 1 is 1.26 bits per heavy atom. The molecule has 0 spiro atoms. The predicted molar refractivity (Wildman–Crippen MR) is 95.8 cm³/mol. The van der Waals surface area contributed by atoms with E-state index in [9.17, 15) is 23.6 Å². The molecule has 1 saturated carbocycles. The molecule has 0 saturated heterocycles. The molecule has 0 aliphatic heterocycles. The molecule has 0 aromatic heterocycles. The molecular formula is C19H24FN3O4. The molecule has 0 heterocycles. The van der Waals surface area contributed by atoms with E-state index in [1.54, 1.807) is 6.07 Å². The second-order valence-electron chi connectivity index (χ2n) is 6.83. The minimum Gasteiger partial charge on any atom is -0.368 e. The first-order valence-electron chi connectivity index (χ1n) is 8.89. The third-order valence-corrected chi connectivity index (χ3v) is 4.67. The average molecular weight is 377 g/mol. The minimum atomic E-state index is -1.07. The van der Waals surface area contributed by atoms with E-state index in [1.165, 1.54) is 25.1 Å². The van der Waals surface area contributed by atoms with Gasteiger partial charge in [-0.05, 0) is 30.4 Å². The third-order valence-electron chi connectivity index (χ3n) is 4.67. The fraction of sp³-hybridized carbons (Fsp3) is 0.474. The monoisotopic (exact) mass is 377 g/mol. The van der Waals surface area contributed by atoms with Crippen LogP contribution >= 0.6 is 0 Å². The number of amides is 3. The maximum Gasteiger partial charge on any atom is 0.243 e. The van der Waals surface area contributed by atoms with Gasteiger partial charge in [0.05, 0.1) is 0 Å². The van der Waals surface area contributed by atoms with Crippen LogP contribution in [0.2, 0.25) is 0 Å². The van der Waals surface area contributed by atoms with E-state index < -0.39 is 35.6 Å². The standard InChI is InChI=1S/C19H24FN3O4/c1-11(24)22-16(10-12-5-2-3-8-15(12)20)19(27)23-17(18(21)26)13-6-4-7-14(25)9-13/h2-3,5,8,13,16-17H,4,6-7,9-10H2,1H3,(H2,21,26)(H,22,24)(H,23,27)/t13-,16+,17+/m0/s1. The van der Waals surface area contributed by atoms with Crippen LogP contribution in [0, 0.1) is 11.7 Å². The Bertz CT molecular complexity index is 737. The summed E-state index contributed by atoms with van der Waals surface area (Å²) in [5, 5.41) is 5.02. The molecule has 3 atom stereocenters. The molecule has 4 N–H and O–H groups in total. The van der Waals surface area contributed by atoms with Crippen molar-refractivity contribution in [2.75, 3.05) is 0 Å². The Hall–Kier alpha value is -2.77. The summed E-state index contributed by atoms with van der Waals surface area (Å²) >= 11 is 0. The number of nitrogens with two attached hydrogens (primary N) is 1. The first kappa shape index (κ1) is 20.5. The number of benzene rings is 1. The van der Waals surface area contributed by atoms with Crippen LogP contribution in [0.4, 0.5) is 4.39 Å². The molecule has 3 amide bonds. The quantitative estimate of drug-likeness (QED) is 0.645. The lowest BCUT2D eigenvalue weighted by Crippen LogP contribution is -2.56. The Morgan fingerprint density at radius 3 is 2.56 bits per heavy atom. The van der Waals surface area contributed by atoms with Crippen LogP contribution < -0.4 is 16.4 Å². The predicted octanol–water partition coefficient (Wildman–Crippen LogP) is 0.602. The summed E-state index contributed by atoms with van der Waals surface area (Å²) in [6.07, 6.45) is 1.78. The number of hydrogen-bond donors (Lipinski definition) is 3. The van der Waals surface area contributed by atoms with Gasteiger partial charge in [-0.2, -0.15) is 0 Å². The number of nitrogens with one attached hydrogen (secondary N) is 2. The van der Waals surface area contributed by atoms with Crippen molar-refractivity contribution in [3.05, 3.63) is 35.6 Å². The molecule has 2 rings (SSSR count). The van der Waals surface area contributed by atoms with Crippen molar-refractivity contribution < 1.29 is 23.6 Å². The Kier molecular flexibility index (Phi) is 7.04. The van der Waals surface area contributed by atoms with Crippen molar-refractivity contribution in [2.45, 2.75) is 51.1 Å². The molecule has 1 aliphatic rings. The van der Waals surface area contributed by atoms with Crippen molar-refractivity contribution in [1.29, 1.82) is 0 Å². The average Bonchev–Trinajstić information content (AvgIpc) is 2.60. The number of rotatable bonds is 7. The Balaban J connectivity index is 2.15. The number of halogens is 1. The second-order valence-corrected chi connectivity index (χ2v) is 6.83. The molecular weight excluding hydrogens is 353 g/mol. The fourth-order valence-corrected chi connectivity index (χ4v) is 3.36. The van der Waals surface area contributed by atoms with Crippen molar-refractivity contribution >= 4 is 23.5 Å². The van der Waals surface area contributed by atoms with Crippen molar-refractivity contribution in [3.8, 4) is 0 Å². The van der Waals surface area contributed by atoms with Gasteiger partial charge in [0.15, 0.2) is 0 Å².